The average molecular weight is 438 g/mol. The number of imidazole rings is 1. The molecule has 0 spiro atoms. The zero-order valence-corrected chi connectivity index (χ0v) is 18.4. The van der Waals surface area contributed by atoms with E-state index in [4.69, 9.17) is 4.11 Å². The van der Waals surface area contributed by atoms with Gasteiger partial charge in [0.05, 0.1) is 16.7 Å². The summed E-state index contributed by atoms with van der Waals surface area (Å²) >= 11 is 0. The van der Waals surface area contributed by atoms with Crippen LogP contribution in [0.4, 0.5) is 0 Å². The molecule has 7 rings (SSSR count). The molecule has 1 aromatic heterocycles. The van der Waals surface area contributed by atoms with Crippen molar-refractivity contribution in [3.63, 3.8) is 0 Å². The van der Waals surface area contributed by atoms with Crippen molar-refractivity contribution in [2.24, 2.45) is 0 Å². The normalized spacial score (nSPS) is 13.4. The number of aryl methyl sites for hydroxylation is 1. The maximum atomic E-state index is 8.32. The summed E-state index contributed by atoms with van der Waals surface area (Å²) in [7, 11) is 0. The number of aromatic nitrogens is 2. The van der Waals surface area contributed by atoms with Crippen molar-refractivity contribution >= 4 is 43.4 Å². The number of hydrogen-bond acceptors (Lipinski definition) is 1. The number of nitrogens with zero attached hydrogens (tertiary/aromatic N) is 2. The first-order valence-electron chi connectivity index (χ1n) is 12.9. The summed E-state index contributed by atoms with van der Waals surface area (Å²) < 4.78 is 26.8. The predicted molar refractivity (Wildman–Crippen MR) is 144 cm³/mol. The Balaban J connectivity index is 1.67. The van der Waals surface area contributed by atoms with Crippen molar-refractivity contribution < 1.29 is 4.11 Å². The summed E-state index contributed by atoms with van der Waals surface area (Å²) in [6, 6.07) is 39.1. The monoisotopic (exact) mass is 437 g/mol. The van der Waals surface area contributed by atoms with Gasteiger partial charge in [-0.05, 0) is 57.7 Å². The highest BCUT2D eigenvalue weighted by Gasteiger charge is 2.19. The van der Waals surface area contributed by atoms with Crippen LogP contribution in [-0.4, -0.2) is 9.55 Å². The summed E-state index contributed by atoms with van der Waals surface area (Å²) in [6.07, 6.45) is 0. The van der Waals surface area contributed by atoms with Crippen LogP contribution in [-0.2, 0) is 0 Å². The number of para-hydroxylation sites is 2. The Hall–Kier alpha value is -4.43. The molecule has 0 N–H and O–H groups in total. The van der Waals surface area contributed by atoms with E-state index < -0.39 is 6.85 Å². The van der Waals surface area contributed by atoms with Crippen LogP contribution in [0, 0.1) is 6.85 Å². The molecule has 0 unspecified atom stereocenters. The maximum absolute atomic E-state index is 8.32. The molecule has 6 aromatic carbocycles. The van der Waals surface area contributed by atoms with Crippen LogP contribution in [0.25, 0.3) is 60.2 Å². The first kappa shape index (κ1) is 16.2. The minimum atomic E-state index is -2.38. The molecule has 0 saturated heterocycles. The Kier molecular flexibility index (Phi) is 3.48. The van der Waals surface area contributed by atoms with Gasteiger partial charge in [-0.3, -0.25) is 4.57 Å². The molecule has 0 fully saturated rings. The number of fused-ring (bicyclic) bond motifs is 4. The molecule has 0 bridgehead atoms. The minimum Gasteiger partial charge on any atom is -0.295 e. The van der Waals surface area contributed by atoms with Crippen molar-refractivity contribution in [3.05, 3.63) is 121 Å². The summed E-state index contributed by atoms with van der Waals surface area (Å²) in [4.78, 5) is 4.59. The summed E-state index contributed by atoms with van der Waals surface area (Å²) in [5.41, 5.74) is 4.56. The fourth-order valence-corrected chi connectivity index (χ4v) is 5.25. The summed E-state index contributed by atoms with van der Waals surface area (Å²) in [6.45, 7) is -2.38. The Bertz CT molecular complexity index is 1930. The number of hydrogen-bond donors (Lipinski definition) is 0. The third-order valence-electron chi connectivity index (χ3n) is 6.73. The summed E-state index contributed by atoms with van der Waals surface area (Å²) in [5.74, 6) is 0.0717. The van der Waals surface area contributed by atoms with Gasteiger partial charge in [-0.25, -0.2) is 4.98 Å². The quantitative estimate of drug-likeness (QED) is 0.248. The van der Waals surface area contributed by atoms with E-state index in [2.05, 4.69) is 71.7 Å². The number of benzene rings is 6. The second-order valence-corrected chi connectivity index (χ2v) is 8.64. The standard InChI is InChI=1S/C32H22N2/c1-21-33-29-16-8-9-17-30(29)34(21)32-27-14-6-4-12-25(27)31(26-13-5-7-15-28(26)32)24-19-18-22-10-2-3-11-23(22)20-24/h2-20H,1H3/i1D3. The van der Waals surface area contributed by atoms with Gasteiger partial charge in [-0.15, -0.1) is 0 Å². The Labute approximate surface area is 201 Å². The van der Waals surface area contributed by atoms with E-state index in [0.717, 1.165) is 43.9 Å². The minimum absolute atomic E-state index is 0.0717. The SMILES string of the molecule is [2H]C([2H])([2H])c1nc2ccccc2n1-c1c2ccccc2c(-c2ccc3ccccc3c2)c2ccccc12. The molecular weight excluding hydrogens is 412 g/mol. The lowest BCUT2D eigenvalue weighted by molar-refractivity contribution is 1.02. The van der Waals surface area contributed by atoms with Gasteiger partial charge >= 0.3 is 0 Å². The van der Waals surface area contributed by atoms with Crippen LogP contribution in [0.3, 0.4) is 0 Å². The molecule has 0 aliphatic rings. The zero-order chi connectivity index (χ0) is 25.1. The van der Waals surface area contributed by atoms with Gasteiger partial charge in [0.2, 0.25) is 0 Å². The first-order valence-corrected chi connectivity index (χ1v) is 11.4. The fourth-order valence-electron chi connectivity index (χ4n) is 5.25. The van der Waals surface area contributed by atoms with Crippen LogP contribution in [0.2, 0.25) is 0 Å². The van der Waals surface area contributed by atoms with Gasteiger partial charge in [0.25, 0.3) is 0 Å². The van der Waals surface area contributed by atoms with Gasteiger partial charge in [-0.2, -0.15) is 0 Å². The first-order chi connectivity index (χ1) is 18.0. The van der Waals surface area contributed by atoms with Gasteiger partial charge < -0.3 is 0 Å². The lowest BCUT2D eigenvalue weighted by Gasteiger charge is -2.19. The third-order valence-corrected chi connectivity index (χ3v) is 6.73. The van der Waals surface area contributed by atoms with Crippen molar-refractivity contribution in [1.82, 2.24) is 9.55 Å². The van der Waals surface area contributed by atoms with E-state index in [1.54, 1.807) is 0 Å². The van der Waals surface area contributed by atoms with Gasteiger partial charge in [-0.1, -0.05) is 97.1 Å². The van der Waals surface area contributed by atoms with Crippen LogP contribution >= 0.6 is 0 Å². The smallest absolute Gasteiger partial charge is 0.111 e. The maximum Gasteiger partial charge on any atom is 0.111 e. The van der Waals surface area contributed by atoms with Crippen LogP contribution in [0.1, 0.15) is 9.94 Å². The molecule has 0 radical (unpaired) electrons. The number of rotatable bonds is 2. The molecule has 34 heavy (non-hydrogen) atoms. The Morgan fingerprint density at radius 3 is 1.97 bits per heavy atom. The molecule has 2 nitrogen and oxygen atoms in total. The highest BCUT2D eigenvalue weighted by Crippen LogP contribution is 2.42. The van der Waals surface area contributed by atoms with Crippen molar-refractivity contribution in [1.29, 1.82) is 0 Å². The molecule has 7 aromatic rings. The zero-order valence-electron chi connectivity index (χ0n) is 21.4. The van der Waals surface area contributed by atoms with Crippen molar-refractivity contribution in [2.45, 2.75) is 6.85 Å². The van der Waals surface area contributed by atoms with Gasteiger partial charge in [0, 0.05) is 14.9 Å². The van der Waals surface area contributed by atoms with Gasteiger partial charge in [0.1, 0.15) is 5.82 Å². The van der Waals surface area contributed by atoms with Crippen LogP contribution in [0.5, 0.6) is 0 Å². The molecule has 0 amide bonds. The lowest BCUT2D eigenvalue weighted by Crippen LogP contribution is -2.01. The van der Waals surface area contributed by atoms with Crippen LogP contribution < -0.4 is 0 Å². The molecule has 1 heterocycles. The molecule has 2 heteroatoms. The molecule has 0 saturated carbocycles. The van der Waals surface area contributed by atoms with E-state index in [-0.39, 0.29) is 5.82 Å². The molecule has 0 atom stereocenters. The van der Waals surface area contributed by atoms with E-state index in [0.29, 0.717) is 5.52 Å². The van der Waals surface area contributed by atoms with Crippen molar-refractivity contribution in [2.75, 3.05) is 0 Å². The molecule has 160 valence electrons. The second kappa shape index (κ2) is 7.29. The topological polar surface area (TPSA) is 17.8 Å². The van der Waals surface area contributed by atoms with E-state index in [9.17, 15) is 0 Å². The Morgan fingerprint density at radius 1 is 0.618 bits per heavy atom. The molecule has 0 aliphatic heterocycles. The third kappa shape index (κ3) is 2.72. The predicted octanol–water partition coefficient (Wildman–Crippen LogP) is 8.46. The highest BCUT2D eigenvalue weighted by atomic mass is 15.1. The second-order valence-electron chi connectivity index (χ2n) is 8.64. The van der Waals surface area contributed by atoms with Gasteiger partial charge in [0.15, 0.2) is 0 Å². The van der Waals surface area contributed by atoms with E-state index in [1.165, 1.54) is 10.8 Å². The lowest BCUT2D eigenvalue weighted by atomic mass is 9.89. The summed E-state index contributed by atoms with van der Waals surface area (Å²) in [5, 5.41) is 6.49. The molecular formula is C32H22N2. The van der Waals surface area contributed by atoms with E-state index in [1.807, 2.05) is 53.1 Å². The largest absolute Gasteiger partial charge is 0.295 e. The fraction of sp³-hybridized carbons (Fsp3) is 0.0312. The molecule has 0 aliphatic carbocycles. The highest BCUT2D eigenvalue weighted by molar-refractivity contribution is 6.19. The average Bonchev–Trinajstić information content (AvgIpc) is 3.31. The van der Waals surface area contributed by atoms with E-state index >= 15 is 0 Å². The van der Waals surface area contributed by atoms with Crippen molar-refractivity contribution in [3.8, 4) is 16.8 Å². The van der Waals surface area contributed by atoms with Crippen LogP contribution in [0.15, 0.2) is 115 Å². The Morgan fingerprint density at radius 2 is 1.24 bits per heavy atom.